The number of anilines is 1. The normalized spacial score (nSPS) is 10.7. The monoisotopic (exact) mass is 272 g/mol. The number of aromatic nitrogens is 1. The first-order valence-corrected chi connectivity index (χ1v) is 6.50. The topological polar surface area (TPSA) is 34.6 Å². The van der Waals surface area contributed by atoms with E-state index in [2.05, 4.69) is 16.0 Å². The van der Waals surface area contributed by atoms with Crippen molar-refractivity contribution < 1.29 is 9.47 Å². The highest BCUT2D eigenvalue weighted by molar-refractivity contribution is 6.17. The molecular weight excluding hydrogens is 252 g/mol. The van der Waals surface area contributed by atoms with Gasteiger partial charge in [0.05, 0.1) is 13.2 Å². The summed E-state index contributed by atoms with van der Waals surface area (Å²) in [5.74, 6) is 1.46. The van der Waals surface area contributed by atoms with Crippen LogP contribution in [0.4, 0.5) is 5.82 Å². The maximum atomic E-state index is 5.80. The zero-order valence-corrected chi connectivity index (χ0v) is 12.0. The highest BCUT2D eigenvalue weighted by atomic mass is 35.5. The summed E-state index contributed by atoms with van der Waals surface area (Å²) in [6, 6.07) is 2.07. The first-order chi connectivity index (χ1) is 8.72. The number of hydrogen-bond acceptors (Lipinski definition) is 4. The molecule has 0 aliphatic rings. The molecule has 4 nitrogen and oxygen atoms in total. The highest BCUT2D eigenvalue weighted by Crippen LogP contribution is 2.18. The fraction of sp³-hybridized carbons (Fsp3) is 0.615. The molecule has 0 bridgehead atoms. The first-order valence-electron chi connectivity index (χ1n) is 5.97. The molecule has 0 fully saturated rings. The SMILES string of the molecule is COCCN(CCOC)c1ncc(CCl)cc1C. The van der Waals surface area contributed by atoms with E-state index in [0.717, 1.165) is 30.0 Å². The Labute approximate surface area is 114 Å². The molecule has 1 rings (SSSR count). The molecule has 0 N–H and O–H groups in total. The molecule has 18 heavy (non-hydrogen) atoms. The maximum Gasteiger partial charge on any atom is 0.131 e. The fourth-order valence-electron chi connectivity index (χ4n) is 1.76. The highest BCUT2D eigenvalue weighted by Gasteiger charge is 2.11. The number of alkyl halides is 1. The number of rotatable bonds is 8. The second-order valence-electron chi connectivity index (χ2n) is 4.09. The Morgan fingerprint density at radius 3 is 2.28 bits per heavy atom. The van der Waals surface area contributed by atoms with Crippen LogP contribution in [0.15, 0.2) is 12.3 Å². The van der Waals surface area contributed by atoms with Crippen molar-refractivity contribution in [3.05, 3.63) is 23.4 Å². The van der Waals surface area contributed by atoms with Gasteiger partial charge >= 0.3 is 0 Å². The van der Waals surface area contributed by atoms with Gasteiger partial charge < -0.3 is 14.4 Å². The first kappa shape index (κ1) is 15.2. The summed E-state index contributed by atoms with van der Waals surface area (Å²) in [6.07, 6.45) is 1.82. The van der Waals surface area contributed by atoms with Crippen LogP contribution in [0.25, 0.3) is 0 Å². The van der Waals surface area contributed by atoms with Crippen LogP contribution in [-0.4, -0.2) is 45.5 Å². The lowest BCUT2D eigenvalue weighted by molar-refractivity contribution is 0.190. The average Bonchev–Trinajstić information content (AvgIpc) is 2.39. The third-order valence-corrected chi connectivity index (χ3v) is 3.00. The lowest BCUT2D eigenvalue weighted by Gasteiger charge is -2.24. The summed E-state index contributed by atoms with van der Waals surface area (Å²) in [4.78, 5) is 6.65. The number of halogens is 1. The van der Waals surface area contributed by atoms with Gasteiger partial charge in [-0.1, -0.05) is 0 Å². The van der Waals surface area contributed by atoms with Gasteiger partial charge in [-0.2, -0.15) is 0 Å². The van der Waals surface area contributed by atoms with Crippen molar-refractivity contribution in [1.82, 2.24) is 4.98 Å². The summed E-state index contributed by atoms with van der Waals surface area (Å²) < 4.78 is 10.3. The Morgan fingerprint density at radius 2 is 1.83 bits per heavy atom. The summed E-state index contributed by atoms with van der Waals surface area (Å²) >= 11 is 5.80. The van der Waals surface area contributed by atoms with Gasteiger partial charge in [0, 0.05) is 39.4 Å². The van der Waals surface area contributed by atoms with Gasteiger partial charge in [-0.3, -0.25) is 0 Å². The Balaban J connectivity index is 2.82. The van der Waals surface area contributed by atoms with Crippen molar-refractivity contribution in [2.45, 2.75) is 12.8 Å². The molecule has 0 aliphatic heterocycles. The summed E-state index contributed by atoms with van der Waals surface area (Å²) in [6.45, 7) is 4.98. The van der Waals surface area contributed by atoms with Crippen molar-refractivity contribution in [1.29, 1.82) is 0 Å². The number of pyridine rings is 1. The van der Waals surface area contributed by atoms with Crippen LogP contribution in [0.1, 0.15) is 11.1 Å². The summed E-state index contributed by atoms with van der Waals surface area (Å²) in [7, 11) is 3.40. The van der Waals surface area contributed by atoms with Crippen LogP contribution in [0.2, 0.25) is 0 Å². The Bertz CT molecular complexity index is 353. The minimum absolute atomic E-state index is 0.490. The fourth-order valence-corrected chi connectivity index (χ4v) is 1.90. The molecule has 0 spiro atoms. The van der Waals surface area contributed by atoms with Crippen molar-refractivity contribution in [2.24, 2.45) is 0 Å². The van der Waals surface area contributed by atoms with Crippen molar-refractivity contribution >= 4 is 17.4 Å². The average molecular weight is 273 g/mol. The van der Waals surface area contributed by atoms with E-state index in [0.29, 0.717) is 19.1 Å². The van der Waals surface area contributed by atoms with Gasteiger partial charge in [-0.05, 0) is 24.1 Å². The number of hydrogen-bond donors (Lipinski definition) is 0. The molecule has 0 saturated carbocycles. The van der Waals surface area contributed by atoms with Crippen LogP contribution in [0, 0.1) is 6.92 Å². The van der Waals surface area contributed by atoms with Crippen LogP contribution in [0.5, 0.6) is 0 Å². The molecule has 0 saturated heterocycles. The van der Waals surface area contributed by atoms with Gasteiger partial charge in [0.15, 0.2) is 0 Å². The summed E-state index contributed by atoms with van der Waals surface area (Å²) in [5, 5.41) is 0. The van der Waals surface area contributed by atoms with Gasteiger partial charge in [0.25, 0.3) is 0 Å². The molecule has 0 unspecified atom stereocenters. The predicted molar refractivity (Wildman–Crippen MR) is 74.5 cm³/mol. The van der Waals surface area contributed by atoms with Gasteiger partial charge in [0.2, 0.25) is 0 Å². The van der Waals surface area contributed by atoms with Gasteiger partial charge in [0.1, 0.15) is 5.82 Å². The van der Waals surface area contributed by atoms with Gasteiger partial charge in [-0.25, -0.2) is 4.98 Å². The van der Waals surface area contributed by atoms with Crippen LogP contribution >= 0.6 is 11.6 Å². The van der Waals surface area contributed by atoms with Crippen molar-refractivity contribution in [3.63, 3.8) is 0 Å². The Hall–Kier alpha value is -0.840. The molecule has 1 aromatic rings. The summed E-state index contributed by atoms with van der Waals surface area (Å²) in [5.41, 5.74) is 2.16. The second kappa shape index (κ2) is 8.29. The number of ether oxygens (including phenoxy) is 2. The van der Waals surface area contributed by atoms with Crippen LogP contribution in [-0.2, 0) is 15.4 Å². The van der Waals surface area contributed by atoms with Gasteiger partial charge in [-0.15, -0.1) is 11.6 Å². The van der Waals surface area contributed by atoms with E-state index in [1.807, 2.05) is 13.1 Å². The molecule has 1 aromatic heterocycles. The molecule has 5 heteroatoms. The van der Waals surface area contributed by atoms with E-state index < -0.39 is 0 Å². The van der Waals surface area contributed by atoms with E-state index in [-0.39, 0.29) is 0 Å². The van der Waals surface area contributed by atoms with E-state index >= 15 is 0 Å². The third-order valence-electron chi connectivity index (χ3n) is 2.69. The minimum atomic E-state index is 0.490. The molecule has 0 radical (unpaired) electrons. The van der Waals surface area contributed by atoms with Crippen LogP contribution in [0.3, 0.4) is 0 Å². The molecule has 102 valence electrons. The molecule has 0 aromatic carbocycles. The second-order valence-corrected chi connectivity index (χ2v) is 4.36. The third kappa shape index (κ3) is 4.44. The number of nitrogens with zero attached hydrogens (tertiary/aromatic N) is 2. The molecule has 0 amide bonds. The molecular formula is C13H21ClN2O2. The number of aryl methyl sites for hydroxylation is 1. The number of methoxy groups -OCH3 is 2. The molecule has 1 heterocycles. The molecule has 0 atom stereocenters. The largest absolute Gasteiger partial charge is 0.383 e. The van der Waals surface area contributed by atoms with Crippen LogP contribution < -0.4 is 4.90 Å². The lowest BCUT2D eigenvalue weighted by Crippen LogP contribution is -2.32. The zero-order chi connectivity index (χ0) is 13.4. The van der Waals surface area contributed by atoms with E-state index in [1.54, 1.807) is 14.2 Å². The Morgan fingerprint density at radius 1 is 1.22 bits per heavy atom. The zero-order valence-electron chi connectivity index (χ0n) is 11.3. The maximum absolute atomic E-state index is 5.80. The molecule has 0 aliphatic carbocycles. The minimum Gasteiger partial charge on any atom is -0.383 e. The predicted octanol–water partition coefficient (Wildman–Crippen LogP) is 2.23. The van der Waals surface area contributed by atoms with E-state index in [4.69, 9.17) is 21.1 Å². The van der Waals surface area contributed by atoms with E-state index in [1.165, 1.54) is 0 Å². The quantitative estimate of drug-likeness (QED) is 0.680. The smallest absolute Gasteiger partial charge is 0.131 e. The van der Waals surface area contributed by atoms with Crippen molar-refractivity contribution in [3.8, 4) is 0 Å². The lowest BCUT2D eigenvalue weighted by atomic mass is 10.2. The standard InChI is InChI=1S/C13H21ClN2O2/c1-11-8-12(9-14)10-15-13(11)16(4-6-17-2)5-7-18-3/h8,10H,4-7,9H2,1-3H3. The van der Waals surface area contributed by atoms with E-state index in [9.17, 15) is 0 Å². The Kier molecular flexibility index (Phi) is 7.01. The van der Waals surface area contributed by atoms with Crippen molar-refractivity contribution in [2.75, 3.05) is 45.4 Å².